The summed E-state index contributed by atoms with van der Waals surface area (Å²) in [5.74, 6) is 0. The molecule has 0 fully saturated rings. The Bertz CT molecular complexity index is 32.6. The molecule has 0 aliphatic heterocycles. The number of rotatable bonds is 0. The predicted molar refractivity (Wildman–Crippen MR) is 16.5 cm³/mol. The second-order valence-electron chi connectivity index (χ2n) is 0.470. The molecule has 0 radical (unpaired) electrons. The molecule has 0 spiro atoms. The number of halogens is 1. The van der Waals surface area contributed by atoms with Crippen molar-refractivity contribution < 1.29 is 31.0 Å². The standard InChI is InChI=1S/C2H3ClO.Zr/c1-2(3)4;/h1H3;. The van der Waals surface area contributed by atoms with Crippen molar-refractivity contribution in [1.82, 2.24) is 0 Å². The van der Waals surface area contributed by atoms with Crippen LogP contribution in [0.15, 0.2) is 0 Å². The zero-order valence-corrected chi connectivity index (χ0v) is 6.00. The monoisotopic (exact) mass is 168 g/mol. The summed E-state index contributed by atoms with van der Waals surface area (Å²) in [6.07, 6.45) is 0. The molecule has 0 aromatic carbocycles. The first-order valence-corrected chi connectivity index (χ1v) is 1.27. The number of carbonyl (C=O) groups excluding carboxylic acids is 1. The van der Waals surface area contributed by atoms with Crippen LogP contribution in [0.5, 0.6) is 0 Å². The van der Waals surface area contributed by atoms with Gasteiger partial charge in [-0.3, -0.25) is 4.79 Å². The van der Waals surface area contributed by atoms with E-state index in [1.807, 2.05) is 0 Å². The van der Waals surface area contributed by atoms with Gasteiger partial charge in [0.2, 0.25) is 5.24 Å². The van der Waals surface area contributed by atoms with E-state index in [-0.39, 0.29) is 31.4 Å². The summed E-state index contributed by atoms with van der Waals surface area (Å²) >= 11 is 4.64. The fourth-order valence-corrected chi connectivity index (χ4v) is 0. The van der Waals surface area contributed by atoms with Crippen LogP contribution in [0.25, 0.3) is 0 Å². The van der Waals surface area contributed by atoms with Crippen LogP contribution < -0.4 is 0 Å². The van der Waals surface area contributed by atoms with Crippen molar-refractivity contribution in [3.05, 3.63) is 0 Å². The van der Waals surface area contributed by atoms with Crippen LogP contribution in [0.1, 0.15) is 6.92 Å². The molecule has 0 aromatic heterocycles. The van der Waals surface area contributed by atoms with E-state index in [1.54, 1.807) is 0 Å². The first-order valence-electron chi connectivity index (χ1n) is 0.893. The summed E-state index contributed by atoms with van der Waals surface area (Å²) in [5, 5.41) is -0.361. The Morgan fingerprint density at radius 2 is 1.80 bits per heavy atom. The first-order chi connectivity index (χ1) is 1.73. The van der Waals surface area contributed by atoms with Gasteiger partial charge in [0.1, 0.15) is 0 Å². The molecule has 0 unspecified atom stereocenters. The third-order valence-electron chi connectivity index (χ3n) is 0. The molecule has 0 aromatic rings. The number of hydrogen-bond acceptors (Lipinski definition) is 1. The topological polar surface area (TPSA) is 17.1 Å². The fraction of sp³-hybridized carbons (Fsp3) is 0.500. The molecule has 5 heavy (non-hydrogen) atoms. The quantitative estimate of drug-likeness (QED) is 0.490. The minimum absolute atomic E-state index is 0. The van der Waals surface area contributed by atoms with Crippen molar-refractivity contribution in [2.75, 3.05) is 0 Å². The van der Waals surface area contributed by atoms with Gasteiger partial charge in [0.15, 0.2) is 0 Å². The van der Waals surface area contributed by atoms with E-state index in [9.17, 15) is 4.79 Å². The normalized spacial score (nSPS) is 5.20. The van der Waals surface area contributed by atoms with Gasteiger partial charge in [0.25, 0.3) is 0 Å². The van der Waals surface area contributed by atoms with Crippen molar-refractivity contribution in [3.8, 4) is 0 Å². The van der Waals surface area contributed by atoms with Gasteiger partial charge in [-0.15, -0.1) is 0 Å². The molecule has 0 aliphatic carbocycles. The molecule has 3 heteroatoms. The maximum Gasteiger partial charge on any atom is 0.218 e. The number of carbonyl (C=O) groups is 1. The van der Waals surface area contributed by atoms with Crippen molar-refractivity contribution in [3.63, 3.8) is 0 Å². The van der Waals surface area contributed by atoms with Gasteiger partial charge in [0.05, 0.1) is 0 Å². The SMILES string of the molecule is CC(=O)Cl.[Zr]. The summed E-state index contributed by atoms with van der Waals surface area (Å²) in [4.78, 5) is 9.21. The van der Waals surface area contributed by atoms with Crippen molar-refractivity contribution in [2.45, 2.75) is 6.92 Å². The van der Waals surface area contributed by atoms with E-state index in [4.69, 9.17) is 0 Å². The van der Waals surface area contributed by atoms with Crippen LogP contribution in [0.4, 0.5) is 0 Å². The molecule has 0 rings (SSSR count). The van der Waals surface area contributed by atoms with Crippen LogP contribution in [0, 0.1) is 0 Å². The van der Waals surface area contributed by atoms with Crippen LogP contribution in [0.2, 0.25) is 0 Å². The maximum absolute atomic E-state index is 9.21. The summed E-state index contributed by atoms with van der Waals surface area (Å²) in [7, 11) is 0. The Hall–Kier alpha value is 0.843. The Morgan fingerprint density at radius 3 is 1.80 bits per heavy atom. The molecule has 0 saturated carbocycles. The molecule has 28 valence electrons. The molecule has 1 nitrogen and oxygen atoms in total. The smallest absolute Gasteiger partial charge is 0.218 e. The largest absolute Gasteiger partial charge is 0.282 e. The van der Waals surface area contributed by atoms with Gasteiger partial charge in [-0.1, -0.05) is 0 Å². The van der Waals surface area contributed by atoms with Crippen LogP contribution in [0.3, 0.4) is 0 Å². The van der Waals surface area contributed by atoms with E-state index in [0.717, 1.165) is 0 Å². The van der Waals surface area contributed by atoms with Gasteiger partial charge in [-0.2, -0.15) is 0 Å². The van der Waals surface area contributed by atoms with E-state index in [2.05, 4.69) is 11.6 Å². The second kappa shape index (κ2) is 4.84. The van der Waals surface area contributed by atoms with Gasteiger partial charge in [0, 0.05) is 33.1 Å². The fourth-order valence-electron chi connectivity index (χ4n) is 0. The Labute approximate surface area is 54.8 Å². The Morgan fingerprint density at radius 1 is 1.80 bits per heavy atom. The van der Waals surface area contributed by atoms with Crippen LogP contribution >= 0.6 is 11.6 Å². The zero-order chi connectivity index (χ0) is 3.58. The third kappa shape index (κ3) is 55.1. The maximum atomic E-state index is 9.21. The molecule has 0 bridgehead atoms. The molecular weight excluding hydrogens is 167 g/mol. The zero-order valence-electron chi connectivity index (χ0n) is 2.79. The molecule has 0 heterocycles. The minimum atomic E-state index is -0.361. The van der Waals surface area contributed by atoms with E-state index in [1.165, 1.54) is 6.92 Å². The Kier molecular flexibility index (Phi) is 8.99. The van der Waals surface area contributed by atoms with Crippen LogP contribution in [-0.4, -0.2) is 5.24 Å². The second-order valence-corrected chi connectivity index (χ2v) is 1.00. The van der Waals surface area contributed by atoms with Crippen molar-refractivity contribution in [2.24, 2.45) is 0 Å². The predicted octanol–water partition coefficient (Wildman–Crippen LogP) is 0.769. The molecule has 0 aliphatic rings. The van der Waals surface area contributed by atoms with Gasteiger partial charge < -0.3 is 0 Å². The first kappa shape index (κ1) is 9.28. The average Bonchev–Trinajstić information content (AvgIpc) is 0.811. The molecular formula is C2H3ClOZr. The molecule has 0 saturated heterocycles. The molecule has 0 amide bonds. The summed E-state index contributed by atoms with van der Waals surface area (Å²) < 4.78 is 0. The summed E-state index contributed by atoms with van der Waals surface area (Å²) in [6, 6.07) is 0. The van der Waals surface area contributed by atoms with Gasteiger partial charge in [-0.25, -0.2) is 0 Å². The summed E-state index contributed by atoms with van der Waals surface area (Å²) in [5.41, 5.74) is 0. The minimum Gasteiger partial charge on any atom is -0.282 e. The van der Waals surface area contributed by atoms with Crippen molar-refractivity contribution in [1.29, 1.82) is 0 Å². The molecule has 0 N–H and O–H groups in total. The van der Waals surface area contributed by atoms with Crippen molar-refractivity contribution >= 4 is 16.8 Å². The number of hydrogen-bond donors (Lipinski definition) is 0. The van der Waals surface area contributed by atoms with E-state index >= 15 is 0 Å². The summed E-state index contributed by atoms with van der Waals surface area (Å²) in [6.45, 7) is 1.29. The third-order valence-corrected chi connectivity index (χ3v) is 0. The van der Waals surface area contributed by atoms with Gasteiger partial charge >= 0.3 is 0 Å². The van der Waals surface area contributed by atoms with Crippen LogP contribution in [-0.2, 0) is 31.0 Å². The Balaban J connectivity index is 0. The van der Waals surface area contributed by atoms with E-state index < -0.39 is 0 Å². The van der Waals surface area contributed by atoms with Gasteiger partial charge in [-0.05, 0) is 11.6 Å². The molecule has 0 atom stereocenters. The average molecular weight is 170 g/mol. The van der Waals surface area contributed by atoms with E-state index in [0.29, 0.717) is 0 Å².